The molecule has 1 N–H and O–H groups in total. The average Bonchev–Trinajstić information content (AvgIpc) is 3.15. The molecule has 0 saturated heterocycles. The minimum Gasteiger partial charge on any atom is -0.493 e. The van der Waals surface area contributed by atoms with Gasteiger partial charge in [0.05, 0.1) is 26.1 Å². The van der Waals surface area contributed by atoms with E-state index in [4.69, 9.17) is 21.1 Å². The highest BCUT2D eigenvalue weighted by Crippen LogP contribution is 2.34. The number of nitrogens with one attached hydrogen (secondary N) is 1. The molecule has 0 radical (unpaired) electrons. The molecule has 2 heterocycles. The molecule has 0 unspecified atom stereocenters. The molecule has 140 valence electrons. The Morgan fingerprint density at radius 3 is 2.48 bits per heavy atom. The number of nitrogens with zero attached hydrogens (tertiary/aromatic N) is 2. The van der Waals surface area contributed by atoms with E-state index in [9.17, 15) is 0 Å². The Kier molecular flexibility index (Phi) is 5.05. The summed E-state index contributed by atoms with van der Waals surface area (Å²) in [6.45, 7) is 2.71. The van der Waals surface area contributed by atoms with Crippen molar-refractivity contribution in [3.05, 3.63) is 64.3 Å². The van der Waals surface area contributed by atoms with Crippen molar-refractivity contribution in [3.63, 3.8) is 0 Å². The Labute approximate surface area is 163 Å². The average molecular weight is 384 g/mol. The standard InChI is InChI=1S/C21H22ClN3O2/c1-26-19-9-15-7-8-25(12-16(15)10-20(19)27-2)13-17-11-23-24-21(17)14-3-5-18(22)6-4-14/h3-6,9-11H,7-8,12-13H2,1-2H3,(H,23,24). The molecule has 0 spiro atoms. The van der Waals surface area contributed by atoms with Gasteiger partial charge in [0.25, 0.3) is 0 Å². The third-order valence-electron chi connectivity index (χ3n) is 5.04. The fourth-order valence-corrected chi connectivity index (χ4v) is 3.74. The summed E-state index contributed by atoms with van der Waals surface area (Å²) >= 11 is 6.01. The summed E-state index contributed by atoms with van der Waals surface area (Å²) in [7, 11) is 3.35. The molecule has 6 heteroatoms. The number of H-pyrrole nitrogens is 1. The highest BCUT2D eigenvalue weighted by molar-refractivity contribution is 6.30. The molecule has 0 amide bonds. The summed E-state index contributed by atoms with van der Waals surface area (Å²) in [6, 6.07) is 12.0. The lowest BCUT2D eigenvalue weighted by Crippen LogP contribution is -2.30. The Hall–Kier alpha value is -2.50. The van der Waals surface area contributed by atoms with Gasteiger partial charge >= 0.3 is 0 Å². The van der Waals surface area contributed by atoms with Crippen molar-refractivity contribution in [3.8, 4) is 22.8 Å². The minimum absolute atomic E-state index is 0.733. The largest absolute Gasteiger partial charge is 0.493 e. The van der Waals surface area contributed by atoms with E-state index in [-0.39, 0.29) is 0 Å². The molecule has 4 rings (SSSR count). The highest BCUT2D eigenvalue weighted by Gasteiger charge is 2.21. The molecule has 1 aliphatic rings. The van der Waals surface area contributed by atoms with Crippen molar-refractivity contribution in [2.45, 2.75) is 19.5 Å². The predicted octanol–water partition coefficient (Wildman–Crippen LogP) is 4.31. The number of fused-ring (bicyclic) bond motifs is 1. The maximum absolute atomic E-state index is 6.01. The Bertz CT molecular complexity index is 937. The molecule has 2 aromatic carbocycles. The summed E-state index contributed by atoms with van der Waals surface area (Å²) in [4.78, 5) is 2.43. The van der Waals surface area contributed by atoms with Crippen LogP contribution in [0.3, 0.4) is 0 Å². The number of benzene rings is 2. The second-order valence-corrected chi connectivity index (χ2v) is 7.15. The highest BCUT2D eigenvalue weighted by atomic mass is 35.5. The molecule has 3 aromatic rings. The van der Waals surface area contributed by atoms with Crippen molar-refractivity contribution in [2.24, 2.45) is 0 Å². The zero-order chi connectivity index (χ0) is 18.8. The van der Waals surface area contributed by atoms with Crippen LogP contribution < -0.4 is 9.47 Å². The SMILES string of the molecule is COc1cc2c(cc1OC)CN(Cc1cn[nH]c1-c1ccc(Cl)cc1)CC2. The van der Waals surface area contributed by atoms with Gasteiger partial charge in [0.1, 0.15) is 0 Å². The summed E-state index contributed by atoms with van der Waals surface area (Å²) in [6.07, 6.45) is 2.90. The first-order valence-corrected chi connectivity index (χ1v) is 9.30. The number of hydrogen-bond donors (Lipinski definition) is 1. The van der Waals surface area contributed by atoms with Crippen LogP contribution in [0.2, 0.25) is 5.02 Å². The van der Waals surface area contributed by atoms with Gasteiger partial charge in [-0.15, -0.1) is 0 Å². The van der Waals surface area contributed by atoms with Crippen molar-refractivity contribution in [1.82, 2.24) is 15.1 Å². The molecular weight excluding hydrogens is 362 g/mol. The summed E-state index contributed by atoms with van der Waals surface area (Å²) < 4.78 is 10.9. The molecule has 5 nitrogen and oxygen atoms in total. The van der Waals surface area contributed by atoms with E-state index in [0.29, 0.717) is 0 Å². The maximum Gasteiger partial charge on any atom is 0.161 e. The van der Waals surface area contributed by atoms with Crippen LogP contribution in [-0.2, 0) is 19.5 Å². The number of ether oxygens (including phenoxy) is 2. The molecule has 0 aliphatic carbocycles. The van der Waals surface area contributed by atoms with E-state index in [1.807, 2.05) is 30.5 Å². The van der Waals surface area contributed by atoms with Crippen LogP contribution in [-0.4, -0.2) is 35.9 Å². The van der Waals surface area contributed by atoms with Crippen LogP contribution in [0.4, 0.5) is 0 Å². The van der Waals surface area contributed by atoms with Gasteiger partial charge in [0.15, 0.2) is 11.5 Å². The molecule has 1 aliphatic heterocycles. The van der Waals surface area contributed by atoms with Gasteiger partial charge in [-0.05, 0) is 47.4 Å². The number of hydrogen-bond acceptors (Lipinski definition) is 4. The molecule has 0 fully saturated rings. The van der Waals surface area contributed by atoms with Crippen molar-refractivity contribution < 1.29 is 9.47 Å². The first kappa shape index (κ1) is 17.9. The third-order valence-corrected chi connectivity index (χ3v) is 5.29. The van der Waals surface area contributed by atoms with Crippen molar-refractivity contribution in [1.29, 1.82) is 0 Å². The van der Waals surface area contributed by atoms with E-state index >= 15 is 0 Å². The lowest BCUT2D eigenvalue weighted by Gasteiger charge is -2.29. The van der Waals surface area contributed by atoms with Gasteiger partial charge < -0.3 is 9.47 Å². The van der Waals surface area contributed by atoms with Gasteiger partial charge in [-0.25, -0.2) is 0 Å². The van der Waals surface area contributed by atoms with Gasteiger partial charge in [0.2, 0.25) is 0 Å². The van der Waals surface area contributed by atoms with Crippen molar-refractivity contribution in [2.75, 3.05) is 20.8 Å². The summed E-state index contributed by atoms with van der Waals surface area (Å²) in [5.74, 6) is 1.58. The van der Waals surface area contributed by atoms with Gasteiger partial charge in [-0.3, -0.25) is 10.00 Å². The number of aromatic nitrogens is 2. The maximum atomic E-state index is 6.01. The molecule has 1 aromatic heterocycles. The van der Waals surface area contributed by atoms with Crippen LogP contribution in [0.25, 0.3) is 11.3 Å². The lowest BCUT2D eigenvalue weighted by atomic mass is 9.98. The van der Waals surface area contributed by atoms with Gasteiger partial charge in [-0.2, -0.15) is 5.10 Å². The quantitative estimate of drug-likeness (QED) is 0.713. The number of methoxy groups -OCH3 is 2. The number of aromatic amines is 1. The third kappa shape index (κ3) is 3.66. The molecule has 0 bridgehead atoms. The van der Waals surface area contributed by atoms with E-state index in [1.165, 1.54) is 16.7 Å². The fraction of sp³-hybridized carbons (Fsp3) is 0.286. The molecule has 27 heavy (non-hydrogen) atoms. The molecular formula is C21H22ClN3O2. The number of rotatable bonds is 5. The first-order valence-electron chi connectivity index (χ1n) is 8.92. The second-order valence-electron chi connectivity index (χ2n) is 6.71. The van der Waals surface area contributed by atoms with Crippen LogP contribution in [0.1, 0.15) is 16.7 Å². The predicted molar refractivity (Wildman–Crippen MR) is 106 cm³/mol. The zero-order valence-electron chi connectivity index (χ0n) is 15.5. The van der Waals surface area contributed by atoms with E-state index in [1.54, 1.807) is 14.2 Å². The first-order chi connectivity index (χ1) is 13.2. The minimum atomic E-state index is 0.733. The van der Waals surface area contributed by atoms with E-state index in [2.05, 4.69) is 27.2 Å². The van der Waals surface area contributed by atoms with E-state index < -0.39 is 0 Å². The normalized spacial score (nSPS) is 14.0. The monoisotopic (exact) mass is 383 g/mol. The van der Waals surface area contributed by atoms with Crippen molar-refractivity contribution >= 4 is 11.6 Å². The topological polar surface area (TPSA) is 50.4 Å². The van der Waals surface area contributed by atoms with E-state index in [0.717, 1.165) is 53.8 Å². The number of halogens is 1. The molecule has 0 saturated carbocycles. The fourth-order valence-electron chi connectivity index (χ4n) is 3.61. The summed E-state index contributed by atoms with van der Waals surface area (Å²) in [5.41, 5.74) is 5.94. The second kappa shape index (κ2) is 7.62. The Balaban J connectivity index is 1.54. The van der Waals surface area contributed by atoms with Gasteiger partial charge in [-0.1, -0.05) is 23.7 Å². The van der Waals surface area contributed by atoms with Crippen LogP contribution in [0.5, 0.6) is 11.5 Å². The van der Waals surface area contributed by atoms with Crippen LogP contribution in [0.15, 0.2) is 42.6 Å². The van der Waals surface area contributed by atoms with Gasteiger partial charge in [0, 0.05) is 30.2 Å². The summed E-state index contributed by atoms with van der Waals surface area (Å²) in [5, 5.41) is 8.12. The zero-order valence-corrected chi connectivity index (χ0v) is 16.2. The smallest absolute Gasteiger partial charge is 0.161 e. The molecule has 0 atom stereocenters. The Morgan fingerprint density at radius 1 is 1.07 bits per heavy atom. The Morgan fingerprint density at radius 2 is 1.78 bits per heavy atom. The van der Waals surface area contributed by atoms with Crippen LogP contribution in [0, 0.1) is 0 Å². The van der Waals surface area contributed by atoms with Crippen LogP contribution >= 0.6 is 11.6 Å². The lowest BCUT2D eigenvalue weighted by molar-refractivity contribution is 0.244.